The molecule has 13 heavy (non-hydrogen) atoms. The molecule has 0 aromatic carbocycles. The second-order valence-corrected chi connectivity index (χ2v) is 3.73. The monoisotopic (exact) mass is 180 g/mol. The van der Waals surface area contributed by atoms with E-state index in [2.05, 4.69) is 19.9 Å². The van der Waals surface area contributed by atoms with Crippen molar-refractivity contribution in [2.24, 2.45) is 11.8 Å². The molecule has 0 saturated carbocycles. The van der Waals surface area contributed by atoms with Gasteiger partial charge in [0.25, 0.3) is 0 Å². The predicted octanol–water partition coefficient (Wildman–Crippen LogP) is 2.62. The Labute approximate surface area is 79.0 Å². The molecular formula is C11H16O2. The molecule has 1 N–H and O–H groups in total. The van der Waals surface area contributed by atoms with Crippen molar-refractivity contribution in [1.82, 2.24) is 0 Å². The fourth-order valence-corrected chi connectivity index (χ4v) is 1.87. The van der Waals surface area contributed by atoms with Gasteiger partial charge in [-0.05, 0) is 25.7 Å². The van der Waals surface area contributed by atoms with E-state index in [1.807, 2.05) is 0 Å². The molecule has 0 heterocycles. The van der Waals surface area contributed by atoms with E-state index in [1.54, 1.807) is 6.08 Å². The van der Waals surface area contributed by atoms with Gasteiger partial charge in [0.2, 0.25) is 0 Å². The van der Waals surface area contributed by atoms with Crippen molar-refractivity contribution in [3.63, 3.8) is 0 Å². The van der Waals surface area contributed by atoms with Crippen molar-refractivity contribution in [2.75, 3.05) is 0 Å². The number of aliphatic carboxylic acids is 1. The lowest BCUT2D eigenvalue weighted by Gasteiger charge is -2.25. The lowest BCUT2D eigenvalue weighted by Crippen LogP contribution is -2.14. The van der Waals surface area contributed by atoms with Crippen LogP contribution in [0, 0.1) is 11.8 Å². The summed E-state index contributed by atoms with van der Waals surface area (Å²) in [5, 5.41) is 8.51. The van der Waals surface area contributed by atoms with Gasteiger partial charge in [0, 0.05) is 12.0 Å². The van der Waals surface area contributed by atoms with Gasteiger partial charge in [0.15, 0.2) is 0 Å². The molecule has 0 unspecified atom stereocenters. The summed E-state index contributed by atoms with van der Waals surface area (Å²) in [7, 11) is 0. The van der Waals surface area contributed by atoms with Crippen LogP contribution >= 0.6 is 0 Å². The standard InChI is InChI=1S/C11H16O2/c1-8-4-3-5-9(2)10(8)6-7-11(12)13/h4,6-7,9-10H,3,5H2,1-2H3,(H,12,13)/b7-6+/t9-,10+/m1/s1. The number of allylic oxidation sites excluding steroid dienone is 3. The predicted molar refractivity (Wildman–Crippen MR) is 52.4 cm³/mol. The highest BCUT2D eigenvalue weighted by Gasteiger charge is 2.19. The number of carboxylic acids is 1. The number of hydrogen-bond donors (Lipinski definition) is 1. The number of hydrogen-bond acceptors (Lipinski definition) is 1. The summed E-state index contributed by atoms with van der Waals surface area (Å²) in [5.41, 5.74) is 1.30. The van der Waals surface area contributed by atoms with E-state index in [4.69, 9.17) is 5.11 Å². The van der Waals surface area contributed by atoms with Crippen molar-refractivity contribution < 1.29 is 9.90 Å². The van der Waals surface area contributed by atoms with Crippen LogP contribution in [-0.4, -0.2) is 11.1 Å². The Morgan fingerprint density at radius 2 is 2.38 bits per heavy atom. The molecule has 72 valence electrons. The van der Waals surface area contributed by atoms with Gasteiger partial charge in [-0.25, -0.2) is 4.79 Å². The fourth-order valence-electron chi connectivity index (χ4n) is 1.87. The second kappa shape index (κ2) is 4.26. The van der Waals surface area contributed by atoms with E-state index < -0.39 is 5.97 Å². The maximum Gasteiger partial charge on any atom is 0.327 e. The van der Waals surface area contributed by atoms with Gasteiger partial charge in [0.1, 0.15) is 0 Å². The summed E-state index contributed by atoms with van der Waals surface area (Å²) in [6.45, 7) is 4.25. The van der Waals surface area contributed by atoms with Crippen molar-refractivity contribution in [1.29, 1.82) is 0 Å². The number of rotatable bonds is 2. The molecule has 1 aliphatic carbocycles. The highest BCUT2D eigenvalue weighted by Crippen LogP contribution is 2.30. The second-order valence-electron chi connectivity index (χ2n) is 3.73. The quantitative estimate of drug-likeness (QED) is 0.524. The maximum absolute atomic E-state index is 10.3. The minimum Gasteiger partial charge on any atom is -0.478 e. The highest BCUT2D eigenvalue weighted by atomic mass is 16.4. The molecule has 2 nitrogen and oxygen atoms in total. The topological polar surface area (TPSA) is 37.3 Å². The lowest BCUT2D eigenvalue weighted by molar-refractivity contribution is -0.131. The molecule has 0 aromatic rings. The Balaban J connectivity index is 2.70. The highest BCUT2D eigenvalue weighted by molar-refractivity contribution is 5.79. The summed E-state index contributed by atoms with van der Waals surface area (Å²) in [6.07, 6.45) is 7.55. The Morgan fingerprint density at radius 3 is 2.92 bits per heavy atom. The van der Waals surface area contributed by atoms with Crippen molar-refractivity contribution in [3.05, 3.63) is 23.8 Å². The SMILES string of the molecule is CC1=CCC[C@@H](C)[C@H]1/C=C/C(=O)O. The Hall–Kier alpha value is -1.05. The Morgan fingerprint density at radius 1 is 1.69 bits per heavy atom. The van der Waals surface area contributed by atoms with Crippen LogP contribution in [0.15, 0.2) is 23.8 Å². The molecule has 0 saturated heterocycles. The molecule has 0 aliphatic heterocycles. The lowest BCUT2D eigenvalue weighted by atomic mass is 9.80. The maximum atomic E-state index is 10.3. The van der Waals surface area contributed by atoms with Gasteiger partial charge in [-0.15, -0.1) is 0 Å². The van der Waals surface area contributed by atoms with Gasteiger partial charge in [-0.3, -0.25) is 0 Å². The average Bonchev–Trinajstić information content (AvgIpc) is 2.03. The third-order valence-corrected chi connectivity index (χ3v) is 2.67. The molecule has 0 aromatic heterocycles. The molecule has 1 aliphatic rings. The average molecular weight is 180 g/mol. The summed E-state index contributed by atoms with van der Waals surface area (Å²) in [6, 6.07) is 0. The van der Waals surface area contributed by atoms with Crippen LogP contribution in [0.1, 0.15) is 26.7 Å². The van der Waals surface area contributed by atoms with Crippen molar-refractivity contribution in [3.8, 4) is 0 Å². The molecule has 0 spiro atoms. The van der Waals surface area contributed by atoms with Crippen LogP contribution in [-0.2, 0) is 4.79 Å². The van der Waals surface area contributed by atoms with E-state index in [9.17, 15) is 4.79 Å². The van der Waals surface area contributed by atoms with Crippen molar-refractivity contribution in [2.45, 2.75) is 26.7 Å². The van der Waals surface area contributed by atoms with Gasteiger partial charge >= 0.3 is 5.97 Å². The normalized spacial score (nSPS) is 28.9. The smallest absolute Gasteiger partial charge is 0.327 e. The molecule has 2 heteroatoms. The minimum atomic E-state index is -0.856. The first-order chi connectivity index (χ1) is 6.11. The molecule has 0 amide bonds. The van der Waals surface area contributed by atoms with E-state index in [-0.39, 0.29) is 0 Å². The molecular weight excluding hydrogens is 164 g/mol. The summed E-state index contributed by atoms with van der Waals surface area (Å²) in [4.78, 5) is 10.3. The third-order valence-electron chi connectivity index (χ3n) is 2.67. The van der Waals surface area contributed by atoms with Crippen LogP contribution in [0.4, 0.5) is 0 Å². The first kappa shape index (κ1) is 10.0. The zero-order valence-electron chi connectivity index (χ0n) is 8.16. The van der Waals surface area contributed by atoms with Crippen LogP contribution in [0.3, 0.4) is 0 Å². The molecule has 0 bridgehead atoms. The van der Waals surface area contributed by atoms with E-state index in [1.165, 1.54) is 11.6 Å². The van der Waals surface area contributed by atoms with Crippen molar-refractivity contribution >= 4 is 5.97 Å². The zero-order chi connectivity index (χ0) is 9.84. The van der Waals surface area contributed by atoms with Gasteiger partial charge in [-0.2, -0.15) is 0 Å². The summed E-state index contributed by atoms with van der Waals surface area (Å²) in [5.74, 6) is 0.0380. The molecule has 0 fully saturated rings. The van der Waals surface area contributed by atoms with Gasteiger partial charge in [-0.1, -0.05) is 24.6 Å². The van der Waals surface area contributed by atoms with Crippen LogP contribution in [0.25, 0.3) is 0 Å². The third kappa shape index (κ3) is 2.72. The van der Waals surface area contributed by atoms with Crippen LogP contribution in [0.5, 0.6) is 0 Å². The minimum absolute atomic E-state index is 0.324. The Kier molecular flexibility index (Phi) is 3.29. The zero-order valence-corrected chi connectivity index (χ0v) is 8.16. The van der Waals surface area contributed by atoms with Crippen LogP contribution < -0.4 is 0 Å². The largest absolute Gasteiger partial charge is 0.478 e. The Bertz CT molecular complexity index is 251. The first-order valence-electron chi connectivity index (χ1n) is 4.69. The summed E-state index contributed by atoms with van der Waals surface area (Å²) >= 11 is 0. The van der Waals surface area contributed by atoms with E-state index in [0.717, 1.165) is 12.8 Å². The summed E-state index contributed by atoms with van der Waals surface area (Å²) < 4.78 is 0. The van der Waals surface area contributed by atoms with Gasteiger partial charge < -0.3 is 5.11 Å². The first-order valence-corrected chi connectivity index (χ1v) is 4.69. The van der Waals surface area contributed by atoms with Crippen LogP contribution in [0.2, 0.25) is 0 Å². The fraction of sp³-hybridized carbons (Fsp3) is 0.545. The number of carbonyl (C=O) groups is 1. The number of carboxylic acid groups (broad SMARTS) is 1. The van der Waals surface area contributed by atoms with Gasteiger partial charge in [0.05, 0.1) is 0 Å². The van der Waals surface area contributed by atoms with E-state index >= 15 is 0 Å². The molecule has 1 rings (SSSR count). The molecule has 2 atom stereocenters. The van der Waals surface area contributed by atoms with E-state index in [0.29, 0.717) is 11.8 Å². The molecule has 0 radical (unpaired) electrons.